The highest BCUT2D eigenvalue weighted by Crippen LogP contribution is 2.21. The van der Waals surface area contributed by atoms with Crippen LogP contribution < -0.4 is 4.74 Å². The van der Waals surface area contributed by atoms with Crippen molar-refractivity contribution in [1.82, 2.24) is 0 Å². The van der Waals surface area contributed by atoms with E-state index in [-0.39, 0.29) is 5.97 Å². The fourth-order valence-electron chi connectivity index (χ4n) is 2.25. The average Bonchev–Trinajstić information content (AvgIpc) is 2.43. The maximum atomic E-state index is 11.3. The molecule has 0 unspecified atom stereocenters. The van der Waals surface area contributed by atoms with E-state index in [9.17, 15) is 4.79 Å². The largest absolute Gasteiger partial charge is 0.427 e. The Hall–Kier alpha value is -2.09. The molecule has 0 aliphatic rings. The summed E-state index contributed by atoms with van der Waals surface area (Å²) in [6.07, 6.45) is 1.25. The highest BCUT2D eigenvalue weighted by atomic mass is 16.5. The first kappa shape index (κ1) is 14.3. The molecule has 104 valence electrons. The van der Waals surface area contributed by atoms with Crippen LogP contribution in [0.4, 0.5) is 0 Å². The third kappa shape index (κ3) is 3.47. The topological polar surface area (TPSA) is 26.3 Å². The zero-order valence-electron chi connectivity index (χ0n) is 12.3. The van der Waals surface area contributed by atoms with E-state index in [1.54, 1.807) is 6.92 Å². The van der Waals surface area contributed by atoms with Crippen molar-refractivity contribution >= 4 is 5.97 Å². The van der Waals surface area contributed by atoms with Gasteiger partial charge in [0.1, 0.15) is 5.75 Å². The molecule has 0 N–H and O–H groups in total. The summed E-state index contributed by atoms with van der Waals surface area (Å²) in [7, 11) is 0. The Balaban J connectivity index is 2.22. The standard InChI is InChI=1S/C18H20O2/c1-4-18(19)20-16-10-6-9-15(11-16)12-17-13(2)7-5-8-14(17)3/h5-11H,4,12H2,1-3H3. The van der Waals surface area contributed by atoms with Gasteiger partial charge in [-0.05, 0) is 54.7 Å². The van der Waals surface area contributed by atoms with Crippen LogP contribution >= 0.6 is 0 Å². The molecule has 0 amide bonds. The lowest BCUT2D eigenvalue weighted by Gasteiger charge is -2.11. The summed E-state index contributed by atoms with van der Waals surface area (Å²) < 4.78 is 5.26. The van der Waals surface area contributed by atoms with Gasteiger partial charge in [-0.1, -0.05) is 37.3 Å². The minimum Gasteiger partial charge on any atom is -0.427 e. The predicted octanol–water partition coefficient (Wildman–Crippen LogP) is 4.21. The van der Waals surface area contributed by atoms with Crippen molar-refractivity contribution in [1.29, 1.82) is 0 Å². The van der Waals surface area contributed by atoms with E-state index in [1.165, 1.54) is 16.7 Å². The number of esters is 1. The molecule has 0 saturated heterocycles. The zero-order chi connectivity index (χ0) is 14.5. The molecule has 0 heterocycles. The second-order valence-electron chi connectivity index (χ2n) is 5.02. The molecule has 2 rings (SSSR count). The third-order valence-electron chi connectivity index (χ3n) is 3.44. The molecule has 0 bridgehead atoms. The van der Waals surface area contributed by atoms with E-state index < -0.39 is 0 Å². The summed E-state index contributed by atoms with van der Waals surface area (Å²) >= 11 is 0. The van der Waals surface area contributed by atoms with Gasteiger partial charge in [0, 0.05) is 6.42 Å². The van der Waals surface area contributed by atoms with Gasteiger partial charge in [0.15, 0.2) is 0 Å². The van der Waals surface area contributed by atoms with Gasteiger partial charge in [-0.2, -0.15) is 0 Å². The molecule has 0 aliphatic carbocycles. The Bertz CT molecular complexity index is 594. The fraction of sp³-hybridized carbons (Fsp3) is 0.278. The first-order valence-electron chi connectivity index (χ1n) is 6.95. The highest BCUT2D eigenvalue weighted by Gasteiger charge is 2.06. The van der Waals surface area contributed by atoms with Crippen LogP contribution in [0.1, 0.15) is 35.6 Å². The van der Waals surface area contributed by atoms with Crippen molar-refractivity contribution in [2.75, 3.05) is 0 Å². The number of hydrogen-bond acceptors (Lipinski definition) is 2. The van der Waals surface area contributed by atoms with Crippen molar-refractivity contribution in [3.8, 4) is 5.75 Å². The van der Waals surface area contributed by atoms with Gasteiger partial charge in [0.2, 0.25) is 0 Å². The lowest BCUT2D eigenvalue weighted by molar-refractivity contribution is -0.134. The highest BCUT2D eigenvalue weighted by molar-refractivity contribution is 5.71. The molecule has 0 atom stereocenters. The Morgan fingerprint density at radius 3 is 2.35 bits per heavy atom. The van der Waals surface area contributed by atoms with Crippen LogP contribution in [0.25, 0.3) is 0 Å². The average molecular weight is 268 g/mol. The minimum atomic E-state index is -0.200. The maximum absolute atomic E-state index is 11.3. The molecule has 2 nitrogen and oxygen atoms in total. The van der Waals surface area contributed by atoms with Gasteiger partial charge >= 0.3 is 5.97 Å². The van der Waals surface area contributed by atoms with E-state index in [2.05, 4.69) is 38.1 Å². The Kier molecular flexibility index (Phi) is 4.57. The number of carbonyl (C=O) groups is 1. The normalized spacial score (nSPS) is 10.3. The van der Waals surface area contributed by atoms with Gasteiger partial charge in [0.05, 0.1) is 0 Å². The lowest BCUT2D eigenvalue weighted by atomic mass is 9.96. The number of ether oxygens (including phenoxy) is 1. The van der Waals surface area contributed by atoms with Gasteiger partial charge in [-0.15, -0.1) is 0 Å². The van der Waals surface area contributed by atoms with Crippen LogP contribution in [0.3, 0.4) is 0 Å². The number of aryl methyl sites for hydroxylation is 2. The van der Waals surface area contributed by atoms with E-state index in [1.807, 2.05) is 18.2 Å². The zero-order valence-corrected chi connectivity index (χ0v) is 12.3. The van der Waals surface area contributed by atoms with Crippen LogP contribution in [-0.4, -0.2) is 5.97 Å². The van der Waals surface area contributed by atoms with Crippen LogP contribution in [0, 0.1) is 13.8 Å². The number of benzene rings is 2. The summed E-state index contributed by atoms with van der Waals surface area (Å²) in [6.45, 7) is 6.05. The summed E-state index contributed by atoms with van der Waals surface area (Å²) in [5.41, 5.74) is 5.08. The van der Waals surface area contributed by atoms with Crippen molar-refractivity contribution in [3.63, 3.8) is 0 Å². The first-order chi connectivity index (χ1) is 9.60. The molecule has 0 aliphatic heterocycles. The number of carbonyl (C=O) groups excluding carboxylic acids is 1. The molecule has 0 aromatic heterocycles. The second kappa shape index (κ2) is 6.38. The second-order valence-corrected chi connectivity index (χ2v) is 5.02. The Morgan fingerprint density at radius 1 is 1.05 bits per heavy atom. The SMILES string of the molecule is CCC(=O)Oc1cccc(Cc2c(C)cccc2C)c1. The van der Waals surface area contributed by atoms with E-state index in [0.29, 0.717) is 12.2 Å². The molecule has 2 heteroatoms. The molecular weight excluding hydrogens is 248 g/mol. The molecule has 0 saturated carbocycles. The molecule has 2 aromatic rings. The molecule has 0 radical (unpaired) electrons. The van der Waals surface area contributed by atoms with E-state index in [0.717, 1.165) is 12.0 Å². The first-order valence-corrected chi connectivity index (χ1v) is 6.95. The minimum absolute atomic E-state index is 0.200. The summed E-state index contributed by atoms with van der Waals surface area (Å²) in [5.74, 6) is 0.426. The third-order valence-corrected chi connectivity index (χ3v) is 3.44. The molecule has 0 fully saturated rings. The van der Waals surface area contributed by atoms with Gasteiger partial charge in [-0.25, -0.2) is 0 Å². The van der Waals surface area contributed by atoms with Crippen molar-refractivity contribution in [3.05, 3.63) is 64.7 Å². The molecule has 20 heavy (non-hydrogen) atoms. The predicted molar refractivity (Wildman–Crippen MR) is 81.1 cm³/mol. The lowest BCUT2D eigenvalue weighted by Crippen LogP contribution is -2.05. The summed E-state index contributed by atoms with van der Waals surface area (Å²) in [6, 6.07) is 14.1. The van der Waals surface area contributed by atoms with Crippen LogP contribution in [0.5, 0.6) is 5.75 Å². The monoisotopic (exact) mass is 268 g/mol. The Labute approximate surface area is 120 Å². The number of hydrogen-bond donors (Lipinski definition) is 0. The van der Waals surface area contributed by atoms with Crippen LogP contribution in [0.2, 0.25) is 0 Å². The van der Waals surface area contributed by atoms with Crippen molar-refractivity contribution < 1.29 is 9.53 Å². The van der Waals surface area contributed by atoms with Crippen LogP contribution in [0.15, 0.2) is 42.5 Å². The summed E-state index contributed by atoms with van der Waals surface area (Å²) in [5, 5.41) is 0. The quantitative estimate of drug-likeness (QED) is 0.613. The Morgan fingerprint density at radius 2 is 1.70 bits per heavy atom. The maximum Gasteiger partial charge on any atom is 0.310 e. The van der Waals surface area contributed by atoms with E-state index >= 15 is 0 Å². The smallest absolute Gasteiger partial charge is 0.310 e. The van der Waals surface area contributed by atoms with Gasteiger partial charge in [0.25, 0.3) is 0 Å². The van der Waals surface area contributed by atoms with E-state index in [4.69, 9.17) is 4.74 Å². The molecular formula is C18H20O2. The fourth-order valence-corrected chi connectivity index (χ4v) is 2.25. The van der Waals surface area contributed by atoms with Crippen molar-refractivity contribution in [2.45, 2.75) is 33.6 Å². The number of rotatable bonds is 4. The van der Waals surface area contributed by atoms with Crippen molar-refractivity contribution in [2.24, 2.45) is 0 Å². The molecule has 2 aromatic carbocycles. The van der Waals surface area contributed by atoms with Gasteiger partial charge in [-0.3, -0.25) is 4.79 Å². The molecule has 0 spiro atoms. The van der Waals surface area contributed by atoms with Gasteiger partial charge < -0.3 is 4.74 Å². The van der Waals surface area contributed by atoms with Crippen LogP contribution in [-0.2, 0) is 11.2 Å². The summed E-state index contributed by atoms with van der Waals surface area (Å²) in [4.78, 5) is 11.3.